The average molecular weight is 420 g/mol. The molecule has 152 valence electrons. The molecule has 1 aromatic carbocycles. The molecule has 0 radical (unpaired) electrons. The Morgan fingerprint density at radius 2 is 2.03 bits per heavy atom. The summed E-state index contributed by atoms with van der Waals surface area (Å²) in [5.41, 5.74) is 1.07. The lowest BCUT2D eigenvalue weighted by Crippen LogP contribution is -2.36. The molecule has 29 heavy (non-hydrogen) atoms. The highest BCUT2D eigenvalue weighted by Crippen LogP contribution is 2.45. The summed E-state index contributed by atoms with van der Waals surface area (Å²) in [6.07, 6.45) is -3.41. The van der Waals surface area contributed by atoms with E-state index in [0.717, 1.165) is 15.1 Å². The first-order valence-electron chi connectivity index (χ1n) is 9.08. The number of halogens is 3. The molecule has 1 N–H and O–H groups in total. The van der Waals surface area contributed by atoms with Crippen LogP contribution in [0.15, 0.2) is 54.0 Å². The quantitative estimate of drug-likeness (QED) is 0.655. The zero-order chi connectivity index (χ0) is 20.6. The van der Waals surface area contributed by atoms with Crippen molar-refractivity contribution in [2.45, 2.75) is 31.2 Å². The number of alkyl halides is 3. The number of nitrogens with zero attached hydrogens (tertiary/aromatic N) is 3. The molecular weight excluding hydrogens is 401 g/mol. The van der Waals surface area contributed by atoms with Crippen LogP contribution in [0.4, 0.5) is 19.0 Å². The van der Waals surface area contributed by atoms with Crippen LogP contribution in [-0.4, -0.2) is 33.8 Å². The van der Waals surface area contributed by atoms with Crippen molar-refractivity contribution >= 4 is 23.1 Å². The molecule has 0 fully saturated rings. The molecule has 3 aromatic rings. The second-order valence-corrected chi connectivity index (χ2v) is 7.98. The van der Waals surface area contributed by atoms with Gasteiger partial charge in [-0.3, -0.25) is 4.79 Å². The maximum atomic E-state index is 13.7. The van der Waals surface area contributed by atoms with Gasteiger partial charge in [0.25, 0.3) is 5.91 Å². The highest BCUT2D eigenvalue weighted by Gasteiger charge is 2.47. The van der Waals surface area contributed by atoms with E-state index >= 15 is 0 Å². The fourth-order valence-corrected chi connectivity index (χ4v) is 4.32. The highest BCUT2D eigenvalue weighted by molar-refractivity contribution is 7.10. The number of benzene rings is 1. The molecule has 0 aliphatic carbocycles. The van der Waals surface area contributed by atoms with Crippen molar-refractivity contribution in [1.29, 1.82) is 0 Å². The number of aromatic nitrogens is 2. The van der Waals surface area contributed by atoms with Crippen molar-refractivity contribution in [3.8, 4) is 0 Å². The Morgan fingerprint density at radius 1 is 1.28 bits per heavy atom. The van der Waals surface area contributed by atoms with Crippen molar-refractivity contribution < 1.29 is 18.0 Å². The lowest BCUT2D eigenvalue weighted by molar-refractivity contribution is -0.173. The summed E-state index contributed by atoms with van der Waals surface area (Å²) in [6, 6.07) is 10.7. The molecule has 2 atom stereocenters. The van der Waals surface area contributed by atoms with E-state index in [9.17, 15) is 18.0 Å². The van der Waals surface area contributed by atoms with E-state index in [-0.39, 0.29) is 23.7 Å². The second kappa shape index (κ2) is 7.55. The summed E-state index contributed by atoms with van der Waals surface area (Å²) in [5.74, 6) is -0.266. The monoisotopic (exact) mass is 420 g/mol. The van der Waals surface area contributed by atoms with Crippen LogP contribution in [-0.2, 0) is 6.54 Å². The first kappa shape index (κ1) is 19.5. The predicted molar refractivity (Wildman–Crippen MR) is 105 cm³/mol. The Labute approximate surface area is 169 Å². The maximum absolute atomic E-state index is 13.7. The second-order valence-electron chi connectivity index (χ2n) is 7.00. The number of rotatable bonds is 4. The topological polar surface area (TPSA) is 50.2 Å². The Morgan fingerprint density at radius 3 is 2.69 bits per heavy atom. The minimum Gasteiger partial charge on any atom is -0.362 e. The lowest BCUT2D eigenvalue weighted by Gasteiger charge is -2.33. The lowest BCUT2D eigenvalue weighted by atomic mass is 10.0. The fraction of sp³-hybridized carbons (Fsp3) is 0.300. The standard InChI is InChI=1S/C20H19F3N4OS/c1-26(12-13-6-3-2-4-7-13)19(28)14-11-24-27-17(20(21,22)23)10-15(25-18(14)27)16-8-5-9-29-16/h2-9,11,15,17,25H,10,12H2,1H3/t15-,17+/m1/s1. The molecule has 1 aliphatic heterocycles. The minimum atomic E-state index is -4.46. The van der Waals surface area contributed by atoms with Crippen molar-refractivity contribution in [3.63, 3.8) is 0 Å². The third-order valence-electron chi connectivity index (χ3n) is 4.96. The van der Waals surface area contributed by atoms with Gasteiger partial charge in [-0.2, -0.15) is 18.3 Å². The molecule has 5 nitrogen and oxygen atoms in total. The number of carbonyl (C=O) groups excluding carboxylic acids is 1. The number of amides is 1. The average Bonchev–Trinajstić information content (AvgIpc) is 3.36. The third-order valence-corrected chi connectivity index (χ3v) is 5.95. The Hall–Kier alpha value is -2.81. The van der Waals surface area contributed by atoms with Crippen LogP contribution >= 0.6 is 11.3 Å². The minimum absolute atomic E-state index is 0.113. The first-order valence-corrected chi connectivity index (χ1v) is 9.96. The third kappa shape index (κ3) is 3.87. The number of carbonyl (C=O) groups is 1. The highest BCUT2D eigenvalue weighted by atomic mass is 32.1. The molecule has 0 saturated carbocycles. The summed E-state index contributed by atoms with van der Waals surface area (Å²) in [6.45, 7) is 0.349. The van der Waals surface area contributed by atoms with Crippen LogP contribution in [0.3, 0.4) is 0 Å². The number of anilines is 1. The van der Waals surface area contributed by atoms with E-state index < -0.39 is 18.3 Å². The van der Waals surface area contributed by atoms with Gasteiger partial charge in [0.15, 0.2) is 6.04 Å². The van der Waals surface area contributed by atoms with Gasteiger partial charge in [0, 0.05) is 24.9 Å². The zero-order valence-corrected chi connectivity index (χ0v) is 16.4. The SMILES string of the molecule is CN(Cc1ccccc1)C(=O)c1cnn2c1N[C@@H](c1cccs1)C[C@H]2C(F)(F)F. The molecule has 3 heterocycles. The molecule has 1 aliphatic rings. The molecule has 1 amide bonds. The van der Waals surface area contributed by atoms with Crippen LogP contribution in [0.2, 0.25) is 0 Å². The van der Waals surface area contributed by atoms with Gasteiger partial charge in [-0.25, -0.2) is 4.68 Å². The molecular formula is C20H19F3N4OS. The van der Waals surface area contributed by atoms with Gasteiger partial charge in [0.1, 0.15) is 11.4 Å². The number of hydrogen-bond donors (Lipinski definition) is 1. The summed E-state index contributed by atoms with van der Waals surface area (Å²) in [5, 5.41) is 8.86. The molecule has 0 bridgehead atoms. The van der Waals surface area contributed by atoms with Crippen molar-refractivity contribution in [2.75, 3.05) is 12.4 Å². The van der Waals surface area contributed by atoms with E-state index in [1.807, 2.05) is 35.7 Å². The van der Waals surface area contributed by atoms with Crippen molar-refractivity contribution in [2.24, 2.45) is 0 Å². The van der Waals surface area contributed by atoms with Gasteiger partial charge in [-0.1, -0.05) is 36.4 Å². The number of nitrogens with one attached hydrogen (secondary N) is 1. The summed E-state index contributed by atoms with van der Waals surface area (Å²) >= 11 is 1.39. The van der Waals surface area contributed by atoms with Gasteiger partial charge in [-0.05, 0) is 17.0 Å². The van der Waals surface area contributed by atoms with Crippen LogP contribution < -0.4 is 5.32 Å². The Balaban J connectivity index is 1.65. The normalized spacial score (nSPS) is 18.8. The van der Waals surface area contributed by atoms with Gasteiger partial charge in [-0.15, -0.1) is 11.3 Å². The van der Waals surface area contributed by atoms with Crippen molar-refractivity contribution in [3.05, 3.63) is 70.0 Å². The summed E-state index contributed by atoms with van der Waals surface area (Å²) in [4.78, 5) is 15.3. The van der Waals surface area contributed by atoms with Gasteiger partial charge in [0.2, 0.25) is 0 Å². The number of hydrogen-bond acceptors (Lipinski definition) is 4. The van der Waals surface area contributed by atoms with E-state index in [1.54, 1.807) is 19.2 Å². The zero-order valence-electron chi connectivity index (χ0n) is 15.6. The van der Waals surface area contributed by atoms with Gasteiger partial charge in [0.05, 0.1) is 12.2 Å². The molecule has 2 aromatic heterocycles. The predicted octanol–water partition coefficient (Wildman–Crippen LogP) is 4.88. The van der Waals surface area contributed by atoms with Gasteiger partial charge >= 0.3 is 6.18 Å². The molecule has 4 rings (SSSR count). The van der Waals surface area contributed by atoms with E-state index in [1.165, 1.54) is 22.4 Å². The van der Waals surface area contributed by atoms with Crippen LogP contribution in [0.1, 0.15) is 39.3 Å². The molecule has 0 saturated heterocycles. The summed E-state index contributed by atoms with van der Waals surface area (Å²) < 4.78 is 42.0. The fourth-order valence-electron chi connectivity index (χ4n) is 3.53. The van der Waals surface area contributed by atoms with E-state index in [4.69, 9.17) is 0 Å². The van der Waals surface area contributed by atoms with Crippen LogP contribution in [0, 0.1) is 0 Å². The maximum Gasteiger partial charge on any atom is 0.410 e. The Kier molecular flexibility index (Phi) is 5.08. The van der Waals surface area contributed by atoms with Crippen LogP contribution in [0.5, 0.6) is 0 Å². The molecule has 0 unspecified atom stereocenters. The Bertz CT molecular complexity index is 985. The van der Waals surface area contributed by atoms with E-state index in [0.29, 0.717) is 6.54 Å². The number of thiophene rings is 1. The molecule has 9 heteroatoms. The van der Waals surface area contributed by atoms with Gasteiger partial charge < -0.3 is 10.2 Å². The largest absolute Gasteiger partial charge is 0.410 e. The first-order chi connectivity index (χ1) is 13.8. The van der Waals surface area contributed by atoms with E-state index in [2.05, 4.69) is 10.4 Å². The smallest absolute Gasteiger partial charge is 0.362 e. The molecule has 0 spiro atoms. The van der Waals surface area contributed by atoms with Crippen molar-refractivity contribution in [1.82, 2.24) is 14.7 Å². The summed E-state index contributed by atoms with van der Waals surface area (Å²) in [7, 11) is 1.63. The number of fused-ring (bicyclic) bond motifs is 1. The van der Waals surface area contributed by atoms with Crippen LogP contribution in [0.25, 0.3) is 0 Å².